The first-order valence-corrected chi connectivity index (χ1v) is 7.56. The van der Waals surface area contributed by atoms with Gasteiger partial charge in [0.15, 0.2) is 11.6 Å². The summed E-state index contributed by atoms with van der Waals surface area (Å²) >= 11 is 0. The highest BCUT2D eigenvalue weighted by Crippen LogP contribution is 2.33. The summed E-state index contributed by atoms with van der Waals surface area (Å²) in [4.78, 5) is 13.8. The maximum absolute atomic E-state index is 12.9. The number of piperidine rings is 1. The van der Waals surface area contributed by atoms with Crippen LogP contribution in [0.15, 0.2) is 12.3 Å². The van der Waals surface area contributed by atoms with Crippen LogP contribution in [0.25, 0.3) is 0 Å². The molecule has 0 radical (unpaired) electrons. The number of methoxy groups -OCH3 is 1. The molecule has 1 N–H and O–H groups in total. The predicted octanol–water partition coefficient (Wildman–Crippen LogP) is 2.49. The Labute approximate surface area is 136 Å². The van der Waals surface area contributed by atoms with E-state index in [4.69, 9.17) is 4.74 Å². The van der Waals surface area contributed by atoms with Crippen molar-refractivity contribution in [2.24, 2.45) is 0 Å². The lowest BCUT2D eigenvalue weighted by atomic mass is 10.0. The van der Waals surface area contributed by atoms with Crippen LogP contribution >= 0.6 is 0 Å². The fourth-order valence-corrected chi connectivity index (χ4v) is 2.74. The van der Waals surface area contributed by atoms with Crippen molar-refractivity contribution in [3.05, 3.63) is 29.6 Å². The van der Waals surface area contributed by atoms with Gasteiger partial charge in [0.1, 0.15) is 12.3 Å². The molecular weight excluding hydrogens is 325 g/mol. The lowest BCUT2D eigenvalue weighted by molar-refractivity contribution is -0.141. The van der Waals surface area contributed by atoms with Crippen LogP contribution in [0.1, 0.15) is 42.6 Å². The van der Waals surface area contributed by atoms with E-state index in [1.165, 1.54) is 0 Å². The highest BCUT2D eigenvalue weighted by Gasteiger charge is 2.35. The number of aromatic nitrogens is 5. The molecule has 1 aliphatic heterocycles. The van der Waals surface area contributed by atoms with Gasteiger partial charge in [0.2, 0.25) is 5.95 Å². The molecule has 3 rings (SSSR count). The van der Waals surface area contributed by atoms with Gasteiger partial charge in [-0.1, -0.05) is 0 Å². The van der Waals surface area contributed by atoms with E-state index in [0.717, 1.165) is 31.5 Å². The molecule has 24 heavy (non-hydrogen) atoms. The third kappa shape index (κ3) is 3.48. The summed E-state index contributed by atoms with van der Waals surface area (Å²) in [5.74, 6) is 1.14. The number of alkyl halides is 3. The molecule has 1 fully saturated rings. The van der Waals surface area contributed by atoms with Crippen LogP contribution in [-0.2, 0) is 17.5 Å². The topological polar surface area (TPSA) is 79.8 Å². The normalized spacial score (nSPS) is 18.8. The zero-order chi connectivity index (χ0) is 17.2. The number of H-pyrrole nitrogens is 1. The molecule has 0 aliphatic carbocycles. The number of nitrogens with one attached hydrogen (secondary N) is 1. The molecule has 130 valence electrons. The Kier molecular flexibility index (Phi) is 4.65. The maximum Gasteiger partial charge on any atom is 0.433 e. The van der Waals surface area contributed by atoms with Gasteiger partial charge < -0.3 is 9.64 Å². The van der Waals surface area contributed by atoms with Gasteiger partial charge in [0.05, 0.1) is 6.04 Å². The zero-order valence-corrected chi connectivity index (χ0v) is 13.0. The largest absolute Gasteiger partial charge is 0.433 e. The van der Waals surface area contributed by atoms with E-state index in [1.54, 1.807) is 12.0 Å². The van der Waals surface area contributed by atoms with E-state index < -0.39 is 11.9 Å². The van der Waals surface area contributed by atoms with Crippen molar-refractivity contribution in [1.82, 2.24) is 25.1 Å². The van der Waals surface area contributed by atoms with Crippen LogP contribution in [0.2, 0.25) is 0 Å². The van der Waals surface area contributed by atoms with Crippen LogP contribution in [0.5, 0.6) is 0 Å². The molecule has 2 aromatic rings. The molecule has 1 unspecified atom stereocenters. The highest BCUT2D eigenvalue weighted by molar-refractivity contribution is 5.35. The lowest BCUT2D eigenvalue weighted by Crippen LogP contribution is -2.35. The fourth-order valence-electron chi connectivity index (χ4n) is 2.74. The Morgan fingerprint density at radius 3 is 2.92 bits per heavy atom. The summed E-state index contributed by atoms with van der Waals surface area (Å²) in [6.45, 7) is 0.847. The number of aromatic amines is 1. The summed E-state index contributed by atoms with van der Waals surface area (Å²) in [6.07, 6.45) is -0.853. The molecule has 0 aromatic carbocycles. The monoisotopic (exact) mass is 342 g/mol. The van der Waals surface area contributed by atoms with E-state index in [-0.39, 0.29) is 12.0 Å². The van der Waals surface area contributed by atoms with Gasteiger partial charge in [-0.3, -0.25) is 5.10 Å². The van der Waals surface area contributed by atoms with Crippen molar-refractivity contribution in [2.45, 2.75) is 38.1 Å². The van der Waals surface area contributed by atoms with E-state index in [9.17, 15) is 13.2 Å². The minimum absolute atomic E-state index is 0.0487. The van der Waals surface area contributed by atoms with E-state index in [0.29, 0.717) is 24.8 Å². The Balaban J connectivity index is 1.89. The van der Waals surface area contributed by atoms with Gasteiger partial charge >= 0.3 is 6.18 Å². The number of nitrogens with zero attached hydrogens (tertiary/aromatic N) is 5. The molecule has 2 aromatic heterocycles. The van der Waals surface area contributed by atoms with Crippen molar-refractivity contribution in [1.29, 1.82) is 0 Å². The van der Waals surface area contributed by atoms with Crippen molar-refractivity contribution in [2.75, 3.05) is 18.6 Å². The number of hydrogen-bond donors (Lipinski definition) is 1. The second-order valence-corrected chi connectivity index (χ2v) is 5.52. The highest BCUT2D eigenvalue weighted by atomic mass is 19.4. The molecule has 1 aliphatic rings. The molecule has 0 amide bonds. The summed E-state index contributed by atoms with van der Waals surface area (Å²) in [5, 5.41) is 6.95. The number of ether oxygens (including phenoxy) is 1. The van der Waals surface area contributed by atoms with Crippen LogP contribution in [0, 0.1) is 0 Å². The van der Waals surface area contributed by atoms with Crippen LogP contribution in [0.3, 0.4) is 0 Å². The molecule has 0 saturated carbocycles. The first-order valence-electron chi connectivity index (χ1n) is 7.56. The van der Waals surface area contributed by atoms with Crippen molar-refractivity contribution < 1.29 is 17.9 Å². The SMILES string of the molecule is COCc1nc(C2CCCCN2c2nccc(C(F)(F)F)n2)n[nH]1. The number of rotatable bonds is 4. The van der Waals surface area contributed by atoms with Gasteiger partial charge in [-0.2, -0.15) is 18.3 Å². The Morgan fingerprint density at radius 2 is 2.17 bits per heavy atom. The summed E-state index contributed by atoms with van der Waals surface area (Å²) in [6, 6.07) is 0.607. The molecular formula is C14H17F3N6O. The number of hydrogen-bond acceptors (Lipinski definition) is 6. The molecule has 10 heteroatoms. The van der Waals surface area contributed by atoms with Gasteiger partial charge in [-0.05, 0) is 25.3 Å². The van der Waals surface area contributed by atoms with Gasteiger partial charge in [0, 0.05) is 19.9 Å². The molecule has 1 atom stereocenters. The molecule has 3 heterocycles. The van der Waals surface area contributed by atoms with Crippen molar-refractivity contribution in [3.8, 4) is 0 Å². The third-order valence-electron chi connectivity index (χ3n) is 3.82. The van der Waals surface area contributed by atoms with E-state index in [2.05, 4.69) is 25.1 Å². The second-order valence-electron chi connectivity index (χ2n) is 5.52. The molecule has 1 saturated heterocycles. The number of halogens is 3. The summed E-state index contributed by atoms with van der Waals surface area (Å²) < 4.78 is 43.7. The van der Waals surface area contributed by atoms with Crippen molar-refractivity contribution in [3.63, 3.8) is 0 Å². The lowest BCUT2D eigenvalue weighted by Gasteiger charge is -2.34. The van der Waals surface area contributed by atoms with Crippen LogP contribution in [0.4, 0.5) is 19.1 Å². The maximum atomic E-state index is 12.9. The minimum Gasteiger partial charge on any atom is -0.377 e. The third-order valence-corrected chi connectivity index (χ3v) is 3.82. The molecule has 0 spiro atoms. The van der Waals surface area contributed by atoms with Gasteiger partial charge in [-0.15, -0.1) is 0 Å². The van der Waals surface area contributed by atoms with E-state index >= 15 is 0 Å². The van der Waals surface area contributed by atoms with Gasteiger partial charge in [-0.25, -0.2) is 15.0 Å². The Bertz CT molecular complexity index is 689. The van der Waals surface area contributed by atoms with Crippen molar-refractivity contribution >= 4 is 5.95 Å². The smallest absolute Gasteiger partial charge is 0.377 e. The summed E-state index contributed by atoms with van der Waals surface area (Å²) in [7, 11) is 1.55. The van der Waals surface area contributed by atoms with Gasteiger partial charge in [0.25, 0.3) is 0 Å². The number of anilines is 1. The molecule has 0 bridgehead atoms. The average Bonchev–Trinajstić information content (AvgIpc) is 3.03. The van der Waals surface area contributed by atoms with Crippen LogP contribution in [-0.4, -0.2) is 38.8 Å². The standard InChI is InChI=1S/C14H17F3N6O/c1-24-8-11-20-12(22-21-11)9-4-2-3-7-23(9)13-18-6-5-10(19-13)14(15,16)17/h5-6,9H,2-4,7-8H2,1H3,(H,20,21,22). The van der Waals surface area contributed by atoms with Crippen LogP contribution < -0.4 is 4.90 Å². The first-order chi connectivity index (χ1) is 11.5. The Morgan fingerprint density at radius 1 is 1.33 bits per heavy atom. The zero-order valence-electron chi connectivity index (χ0n) is 13.0. The average molecular weight is 342 g/mol. The molecule has 7 nitrogen and oxygen atoms in total. The summed E-state index contributed by atoms with van der Waals surface area (Å²) in [5.41, 5.74) is -0.952. The first kappa shape index (κ1) is 16.6. The Hall–Kier alpha value is -2.23. The minimum atomic E-state index is -4.50. The predicted molar refractivity (Wildman–Crippen MR) is 78.1 cm³/mol. The van der Waals surface area contributed by atoms with E-state index in [1.807, 2.05) is 0 Å². The second kappa shape index (κ2) is 6.71. The fraction of sp³-hybridized carbons (Fsp3) is 0.571. The quantitative estimate of drug-likeness (QED) is 0.920.